The maximum Gasteiger partial charge on any atom is 0.257 e. The van der Waals surface area contributed by atoms with Crippen molar-refractivity contribution in [1.29, 1.82) is 0 Å². The van der Waals surface area contributed by atoms with Gasteiger partial charge in [-0.05, 0) is 32.8 Å². The molecule has 3 rings (SSSR count). The van der Waals surface area contributed by atoms with Crippen LogP contribution >= 0.6 is 0 Å². The molecule has 9 heteroatoms. The van der Waals surface area contributed by atoms with Gasteiger partial charge in [-0.25, -0.2) is 0 Å². The minimum Gasteiger partial charge on any atom is -0.454 e. The summed E-state index contributed by atoms with van der Waals surface area (Å²) in [6, 6.07) is 2.44. The summed E-state index contributed by atoms with van der Waals surface area (Å²) in [5.41, 5.74) is -0.715. The third-order valence-electron chi connectivity index (χ3n) is 5.25. The molecule has 0 unspecified atom stereocenters. The summed E-state index contributed by atoms with van der Waals surface area (Å²) < 4.78 is 12.6. The Morgan fingerprint density at radius 1 is 1.23 bits per heavy atom. The molecule has 2 heterocycles. The van der Waals surface area contributed by atoms with Crippen molar-refractivity contribution in [3.63, 3.8) is 0 Å². The van der Waals surface area contributed by atoms with Crippen LogP contribution in [0.4, 0.5) is 0 Å². The van der Waals surface area contributed by atoms with Gasteiger partial charge in [0.05, 0.1) is 23.0 Å². The van der Waals surface area contributed by atoms with Crippen molar-refractivity contribution in [1.82, 2.24) is 15.2 Å². The number of hydrogen-bond acceptors (Lipinski definition) is 6. The quantitative estimate of drug-likeness (QED) is 0.610. The van der Waals surface area contributed by atoms with Crippen molar-refractivity contribution >= 4 is 22.7 Å². The Morgan fingerprint density at radius 2 is 1.87 bits per heavy atom. The van der Waals surface area contributed by atoms with Crippen LogP contribution in [0.5, 0.6) is 11.5 Å². The van der Waals surface area contributed by atoms with Gasteiger partial charge in [-0.15, -0.1) is 0 Å². The first kappa shape index (κ1) is 22.6. The zero-order valence-electron chi connectivity index (χ0n) is 18.4. The number of aryl methyl sites for hydroxylation is 1. The predicted molar refractivity (Wildman–Crippen MR) is 115 cm³/mol. The molecule has 168 valence electrons. The molecule has 0 fully saturated rings. The summed E-state index contributed by atoms with van der Waals surface area (Å²) >= 11 is 0. The summed E-state index contributed by atoms with van der Waals surface area (Å²) in [7, 11) is 0. The van der Waals surface area contributed by atoms with Crippen molar-refractivity contribution in [3.05, 3.63) is 34.1 Å². The lowest BCUT2D eigenvalue weighted by Gasteiger charge is -2.29. The molecule has 3 N–H and O–H groups in total. The highest BCUT2D eigenvalue weighted by Gasteiger charge is 2.30. The molecule has 0 saturated carbocycles. The number of carbonyl (C=O) groups excluding carboxylic acids is 2. The zero-order chi connectivity index (χ0) is 22.9. The molecule has 31 heavy (non-hydrogen) atoms. The van der Waals surface area contributed by atoms with E-state index in [2.05, 4.69) is 10.6 Å². The van der Waals surface area contributed by atoms with Crippen molar-refractivity contribution in [3.8, 4) is 11.5 Å². The average Bonchev–Trinajstić information content (AvgIpc) is 3.18. The molecule has 1 aromatic heterocycles. The molecule has 0 aliphatic carbocycles. The second-order valence-corrected chi connectivity index (χ2v) is 8.61. The van der Waals surface area contributed by atoms with Crippen LogP contribution in [0.2, 0.25) is 0 Å². The van der Waals surface area contributed by atoms with Crippen molar-refractivity contribution in [2.45, 2.75) is 52.7 Å². The van der Waals surface area contributed by atoms with Crippen LogP contribution < -0.4 is 25.5 Å². The minimum atomic E-state index is -0.875. The van der Waals surface area contributed by atoms with E-state index in [4.69, 9.17) is 9.47 Å². The molecule has 9 nitrogen and oxygen atoms in total. The highest BCUT2D eigenvalue weighted by Crippen LogP contribution is 2.35. The van der Waals surface area contributed by atoms with Gasteiger partial charge in [0.2, 0.25) is 18.1 Å². The molecule has 2 amide bonds. The van der Waals surface area contributed by atoms with E-state index in [9.17, 15) is 19.5 Å². The second kappa shape index (κ2) is 8.58. The van der Waals surface area contributed by atoms with Gasteiger partial charge in [0, 0.05) is 18.8 Å². The molecule has 0 bridgehead atoms. The number of fused-ring (bicyclic) bond motifs is 2. The number of aliphatic hydroxyl groups is 1. The number of benzene rings is 1. The maximum atomic E-state index is 13.1. The van der Waals surface area contributed by atoms with Crippen molar-refractivity contribution in [2.24, 2.45) is 5.92 Å². The fraction of sp³-hybridized carbons (Fsp3) is 0.500. The number of aromatic nitrogens is 1. The first-order chi connectivity index (χ1) is 14.6. The van der Waals surface area contributed by atoms with Crippen LogP contribution in [0.3, 0.4) is 0 Å². The van der Waals surface area contributed by atoms with E-state index < -0.39 is 28.8 Å². The molecule has 0 spiro atoms. The molecular weight excluding hydrogens is 402 g/mol. The fourth-order valence-corrected chi connectivity index (χ4v) is 3.41. The molecule has 0 radical (unpaired) electrons. The van der Waals surface area contributed by atoms with Gasteiger partial charge in [0.15, 0.2) is 11.5 Å². The number of amides is 2. The van der Waals surface area contributed by atoms with E-state index in [1.807, 2.05) is 6.92 Å². The molecule has 0 saturated heterocycles. The van der Waals surface area contributed by atoms with Crippen LogP contribution in [-0.2, 0) is 11.3 Å². The van der Waals surface area contributed by atoms with Crippen molar-refractivity contribution < 1.29 is 24.2 Å². The molecule has 1 aliphatic heterocycles. The van der Waals surface area contributed by atoms with Gasteiger partial charge >= 0.3 is 0 Å². The highest BCUT2D eigenvalue weighted by molar-refractivity contribution is 6.00. The normalized spacial score (nSPS) is 14.0. The lowest BCUT2D eigenvalue weighted by Crippen LogP contribution is -2.56. The first-order valence-electron chi connectivity index (χ1n) is 10.3. The Balaban J connectivity index is 1.97. The second-order valence-electron chi connectivity index (χ2n) is 8.61. The number of carbonyl (C=O) groups is 2. The van der Waals surface area contributed by atoms with Gasteiger partial charge in [-0.2, -0.15) is 0 Å². The topological polar surface area (TPSA) is 119 Å². The summed E-state index contributed by atoms with van der Waals surface area (Å²) in [5, 5.41) is 15.2. The summed E-state index contributed by atoms with van der Waals surface area (Å²) in [5.74, 6) is -0.296. The monoisotopic (exact) mass is 431 g/mol. The molecule has 1 aromatic carbocycles. The summed E-state index contributed by atoms with van der Waals surface area (Å²) in [4.78, 5) is 38.9. The predicted octanol–water partition coefficient (Wildman–Crippen LogP) is 1.39. The number of ether oxygens (including phenoxy) is 2. The van der Waals surface area contributed by atoms with Crippen LogP contribution in [0.25, 0.3) is 10.9 Å². The van der Waals surface area contributed by atoms with E-state index in [0.717, 1.165) is 0 Å². The maximum absolute atomic E-state index is 13.1. The smallest absolute Gasteiger partial charge is 0.257 e. The third kappa shape index (κ3) is 4.51. The summed E-state index contributed by atoms with van der Waals surface area (Å²) in [6.45, 7) is 9.19. The van der Waals surface area contributed by atoms with E-state index >= 15 is 0 Å². The van der Waals surface area contributed by atoms with Gasteiger partial charge in [0.1, 0.15) is 11.6 Å². The average molecular weight is 431 g/mol. The molecule has 1 atom stereocenters. The van der Waals surface area contributed by atoms with E-state index in [1.165, 1.54) is 6.20 Å². The molecular formula is C22H29N3O6. The number of pyridine rings is 1. The van der Waals surface area contributed by atoms with Gasteiger partial charge < -0.3 is 29.8 Å². The largest absolute Gasteiger partial charge is 0.454 e. The first-order valence-corrected chi connectivity index (χ1v) is 10.3. The third-order valence-corrected chi connectivity index (χ3v) is 5.25. The number of nitrogens with zero attached hydrogens (tertiary/aromatic N) is 1. The van der Waals surface area contributed by atoms with Gasteiger partial charge in [0.25, 0.3) is 5.91 Å². The SMILES string of the molecule is CCn1cc(C(=O)N[C@H](C(=O)NC(C)(C)CO)C(C)C)c(=O)c2cc3c(cc21)OCO3. The lowest BCUT2D eigenvalue weighted by atomic mass is 10.00. The van der Waals surface area contributed by atoms with E-state index in [0.29, 0.717) is 28.9 Å². The number of rotatable bonds is 7. The highest BCUT2D eigenvalue weighted by atomic mass is 16.7. The van der Waals surface area contributed by atoms with Gasteiger partial charge in [-0.1, -0.05) is 13.8 Å². The Hall–Kier alpha value is -3.07. The van der Waals surface area contributed by atoms with Gasteiger partial charge in [-0.3, -0.25) is 14.4 Å². The van der Waals surface area contributed by atoms with Crippen LogP contribution in [0.1, 0.15) is 45.0 Å². The Bertz CT molecular complexity index is 1070. The van der Waals surface area contributed by atoms with Crippen LogP contribution in [-0.4, -0.2) is 46.5 Å². The Kier molecular flexibility index (Phi) is 6.26. The summed E-state index contributed by atoms with van der Waals surface area (Å²) in [6.07, 6.45) is 1.50. The minimum absolute atomic E-state index is 0.0620. The number of hydrogen-bond donors (Lipinski definition) is 3. The fourth-order valence-electron chi connectivity index (χ4n) is 3.41. The number of aliphatic hydroxyl groups excluding tert-OH is 1. The Morgan fingerprint density at radius 3 is 2.45 bits per heavy atom. The standard InChI is InChI=1S/C22H29N3O6/c1-6-25-9-14(19(27)13-7-16-17(8-15(13)25)31-11-30-16)20(28)23-18(12(2)3)21(29)24-22(4,5)10-26/h7-9,12,18,26H,6,10-11H2,1-5H3,(H,23,28)(H,24,29)/t18-/m0/s1. The van der Waals surface area contributed by atoms with E-state index in [1.54, 1.807) is 44.4 Å². The zero-order valence-corrected chi connectivity index (χ0v) is 18.4. The Labute approximate surface area is 180 Å². The number of nitrogens with one attached hydrogen (secondary N) is 2. The van der Waals surface area contributed by atoms with E-state index in [-0.39, 0.29) is 24.9 Å². The molecule has 1 aliphatic rings. The van der Waals surface area contributed by atoms with Crippen LogP contribution in [0.15, 0.2) is 23.1 Å². The lowest BCUT2D eigenvalue weighted by molar-refractivity contribution is -0.126. The van der Waals surface area contributed by atoms with Crippen molar-refractivity contribution in [2.75, 3.05) is 13.4 Å². The molecule has 2 aromatic rings. The van der Waals surface area contributed by atoms with Crippen LogP contribution in [0, 0.1) is 5.92 Å².